The first kappa shape index (κ1) is 14.0. The quantitative estimate of drug-likeness (QED) is 0.668. The Morgan fingerprint density at radius 3 is 2.00 bits per heavy atom. The molecule has 0 aliphatic heterocycles. The molecule has 0 aromatic heterocycles. The van der Waals surface area contributed by atoms with Gasteiger partial charge in [0.25, 0.3) is 0 Å². The Bertz CT molecular complexity index is 316. The van der Waals surface area contributed by atoms with Crippen LogP contribution in [0.25, 0.3) is 0 Å². The number of alkyl halides is 3. The Hall–Kier alpha value is -1.03. The van der Waals surface area contributed by atoms with E-state index < -0.39 is 11.7 Å². The Morgan fingerprint density at radius 2 is 1.47 bits per heavy atom. The van der Waals surface area contributed by atoms with Gasteiger partial charge < -0.3 is 0 Å². The van der Waals surface area contributed by atoms with E-state index in [2.05, 4.69) is 0 Å². The summed E-state index contributed by atoms with van der Waals surface area (Å²) in [4.78, 5) is 0. The molecule has 4 heteroatoms. The minimum Gasteiger partial charge on any atom is -0.237 e. The lowest BCUT2D eigenvalue weighted by Gasteiger charge is -2.07. The number of halogens is 3. The molecular formula is C13H16F3O. The van der Waals surface area contributed by atoms with Crippen molar-refractivity contribution in [3.8, 4) is 0 Å². The van der Waals surface area contributed by atoms with Gasteiger partial charge in [0.15, 0.2) is 0 Å². The number of unbranched alkanes of at least 4 members (excludes halogenated alkanes) is 3. The van der Waals surface area contributed by atoms with Crippen LogP contribution in [0.15, 0.2) is 24.3 Å². The molecule has 0 unspecified atom stereocenters. The van der Waals surface area contributed by atoms with E-state index in [4.69, 9.17) is 0 Å². The van der Waals surface area contributed by atoms with Gasteiger partial charge in [-0.1, -0.05) is 25.0 Å². The van der Waals surface area contributed by atoms with E-state index in [0.29, 0.717) is 6.42 Å². The fourth-order valence-electron chi connectivity index (χ4n) is 1.65. The molecule has 0 spiro atoms. The summed E-state index contributed by atoms with van der Waals surface area (Å²) in [5, 5.41) is 10.2. The summed E-state index contributed by atoms with van der Waals surface area (Å²) in [5.41, 5.74) is 0.313. The first-order valence-corrected chi connectivity index (χ1v) is 5.78. The Labute approximate surface area is 99.3 Å². The highest BCUT2D eigenvalue weighted by molar-refractivity contribution is 5.24. The Kier molecular flexibility index (Phi) is 5.48. The van der Waals surface area contributed by atoms with Crippen LogP contribution < -0.4 is 0 Å². The molecule has 0 amide bonds. The van der Waals surface area contributed by atoms with Crippen molar-refractivity contribution in [2.75, 3.05) is 6.61 Å². The molecule has 0 fully saturated rings. The summed E-state index contributed by atoms with van der Waals surface area (Å²) in [5.74, 6) is 0. The molecule has 0 aliphatic carbocycles. The lowest BCUT2D eigenvalue weighted by atomic mass is 10.0. The van der Waals surface area contributed by atoms with E-state index in [1.807, 2.05) is 0 Å². The average molecular weight is 245 g/mol. The fraction of sp³-hybridized carbons (Fsp3) is 0.538. The second kappa shape index (κ2) is 6.64. The lowest BCUT2D eigenvalue weighted by Crippen LogP contribution is -2.04. The first-order valence-electron chi connectivity index (χ1n) is 5.78. The van der Waals surface area contributed by atoms with Gasteiger partial charge in [0.2, 0.25) is 0 Å². The van der Waals surface area contributed by atoms with Gasteiger partial charge in [0.05, 0.1) is 12.2 Å². The first-order chi connectivity index (χ1) is 8.04. The second-order valence-corrected chi connectivity index (χ2v) is 4.06. The number of rotatable bonds is 6. The van der Waals surface area contributed by atoms with E-state index in [9.17, 15) is 18.3 Å². The van der Waals surface area contributed by atoms with Gasteiger partial charge in [-0.3, -0.25) is 0 Å². The van der Waals surface area contributed by atoms with Gasteiger partial charge in [0, 0.05) is 0 Å². The van der Waals surface area contributed by atoms with Gasteiger partial charge in [0.1, 0.15) is 0 Å². The standard InChI is InChI=1S/C13H16F3O/c14-13(15,16)12-8-6-11(7-9-12)5-3-1-2-4-10-17/h6-9H,1-5,10H2. The van der Waals surface area contributed by atoms with Crippen LogP contribution in [0.1, 0.15) is 36.8 Å². The zero-order valence-electron chi connectivity index (χ0n) is 9.59. The van der Waals surface area contributed by atoms with Crippen LogP contribution in [-0.4, -0.2) is 6.61 Å². The summed E-state index contributed by atoms with van der Waals surface area (Å²) in [6.45, 7) is -0.0414. The SMILES string of the molecule is [O]CCCCCCc1ccc(C(F)(F)F)cc1. The third kappa shape index (κ3) is 5.22. The van der Waals surface area contributed by atoms with Crippen LogP contribution in [0.4, 0.5) is 13.2 Å². The molecule has 0 bridgehead atoms. The smallest absolute Gasteiger partial charge is 0.237 e. The maximum absolute atomic E-state index is 12.3. The van der Waals surface area contributed by atoms with Gasteiger partial charge in [-0.15, -0.1) is 0 Å². The van der Waals surface area contributed by atoms with Crippen LogP contribution in [0.2, 0.25) is 0 Å². The van der Waals surface area contributed by atoms with Gasteiger partial charge >= 0.3 is 6.18 Å². The molecule has 1 rings (SSSR count). The van der Waals surface area contributed by atoms with Gasteiger partial charge in [-0.2, -0.15) is 13.2 Å². The predicted octanol–water partition coefficient (Wildman–Crippen LogP) is 4.24. The van der Waals surface area contributed by atoms with Gasteiger partial charge in [-0.25, -0.2) is 5.11 Å². The monoisotopic (exact) mass is 245 g/mol. The molecule has 1 aromatic carbocycles. The van der Waals surface area contributed by atoms with Crippen molar-refractivity contribution in [1.29, 1.82) is 0 Å². The molecular weight excluding hydrogens is 229 g/mol. The van der Waals surface area contributed by atoms with Crippen LogP contribution in [0.5, 0.6) is 0 Å². The van der Waals surface area contributed by atoms with Crippen molar-refractivity contribution in [2.24, 2.45) is 0 Å². The molecule has 0 aliphatic rings. The molecule has 0 heterocycles. The molecule has 0 atom stereocenters. The zero-order valence-corrected chi connectivity index (χ0v) is 9.59. The number of hydrogen-bond donors (Lipinski definition) is 0. The highest BCUT2D eigenvalue weighted by Gasteiger charge is 2.29. The molecule has 95 valence electrons. The third-order valence-corrected chi connectivity index (χ3v) is 2.64. The molecule has 1 aromatic rings. The Balaban J connectivity index is 2.36. The van der Waals surface area contributed by atoms with E-state index in [-0.39, 0.29) is 6.61 Å². The highest BCUT2D eigenvalue weighted by atomic mass is 19.4. The van der Waals surface area contributed by atoms with E-state index >= 15 is 0 Å². The van der Waals surface area contributed by atoms with E-state index in [0.717, 1.165) is 43.4 Å². The normalized spacial score (nSPS) is 11.8. The number of aryl methyl sites for hydroxylation is 1. The van der Waals surface area contributed by atoms with Crippen molar-refractivity contribution >= 4 is 0 Å². The minimum absolute atomic E-state index is 0.0414. The van der Waals surface area contributed by atoms with Crippen LogP contribution in [-0.2, 0) is 17.7 Å². The van der Waals surface area contributed by atoms with Crippen LogP contribution in [0, 0.1) is 0 Å². The molecule has 1 radical (unpaired) electrons. The minimum atomic E-state index is -4.26. The molecule has 0 N–H and O–H groups in total. The molecule has 0 saturated carbocycles. The maximum atomic E-state index is 12.3. The van der Waals surface area contributed by atoms with E-state index in [1.54, 1.807) is 0 Å². The number of benzene rings is 1. The third-order valence-electron chi connectivity index (χ3n) is 2.64. The summed E-state index contributed by atoms with van der Waals surface area (Å²) in [6, 6.07) is 5.28. The maximum Gasteiger partial charge on any atom is 0.416 e. The average Bonchev–Trinajstić information content (AvgIpc) is 2.28. The van der Waals surface area contributed by atoms with Crippen molar-refractivity contribution in [2.45, 2.75) is 38.3 Å². The summed E-state index contributed by atoms with van der Waals surface area (Å²) < 4.78 is 36.8. The van der Waals surface area contributed by atoms with Gasteiger partial charge in [-0.05, 0) is 37.0 Å². The lowest BCUT2D eigenvalue weighted by molar-refractivity contribution is -0.137. The highest BCUT2D eigenvalue weighted by Crippen LogP contribution is 2.29. The Morgan fingerprint density at radius 1 is 0.882 bits per heavy atom. The van der Waals surface area contributed by atoms with Crippen molar-refractivity contribution in [1.82, 2.24) is 0 Å². The summed E-state index contributed by atoms with van der Waals surface area (Å²) >= 11 is 0. The number of hydrogen-bond acceptors (Lipinski definition) is 0. The predicted molar refractivity (Wildman–Crippen MR) is 59.2 cm³/mol. The molecule has 17 heavy (non-hydrogen) atoms. The van der Waals surface area contributed by atoms with Crippen LogP contribution >= 0.6 is 0 Å². The van der Waals surface area contributed by atoms with E-state index in [1.165, 1.54) is 12.1 Å². The van der Waals surface area contributed by atoms with Crippen LogP contribution in [0.3, 0.4) is 0 Å². The molecule has 0 saturated heterocycles. The molecule has 1 nitrogen and oxygen atoms in total. The second-order valence-electron chi connectivity index (χ2n) is 4.06. The zero-order chi connectivity index (χ0) is 12.7. The fourth-order valence-corrected chi connectivity index (χ4v) is 1.65. The largest absolute Gasteiger partial charge is 0.416 e. The van der Waals surface area contributed by atoms with Crippen molar-refractivity contribution < 1.29 is 18.3 Å². The topological polar surface area (TPSA) is 19.9 Å². The van der Waals surface area contributed by atoms with Crippen molar-refractivity contribution in [3.63, 3.8) is 0 Å². The summed E-state index contributed by atoms with van der Waals surface area (Å²) in [7, 11) is 0. The van der Waals surface area contributed by atoms with Crippen molar-refractivity contribution in [3.05, 3.63) is 35.4 Å². The summed E-state index contributed by atoms with van der Waals surface area (Å²) in [6.07, 6.45) is -0.00454.